The second-order valence-corrected chi connectivity index (χ2v) is 8.93. The number of carbonyl (C=O) groups is 2. The van der Waals surface area contributed by atoms with Crippen LogP contribution in [0.25, 0.3) is 0 Å². The highest BCUT2D eigenvalue weighted by Crippen LogP contribution is 2.30. The Bertz CT molecular complexity index is 1120. The first-order valence-corrected chi connectivity index (χ1v) is 11.0. The summed E-state index contributed by atoms with van der Waals surface area (Å²) in [6.45, 7) is 4.53. The van der Waals surface area contributed by atoms with Crippen LogP contribution in [0.1, 0.15) is 22.6 Å². The molecule has 1 fully saturated rings. The molecule has 7 nitrogen and oxygen atoms in total. The van der Waals surface area contributed by atoms with Crippen molar-refractivity contribution in [3.05, 3.63) is 63.6 Å². The molecule has 0 aliphatic carbocycles. The molecule has 4 rings (SSSR count). The maximum absolute atomic E-state index is 12.7. The topological polar surface area (TPSA) is 84.4 Å². The van der Waals surface area contributed by atoms with Gasteiger partial charge in [-0.15, -0.1) is 10.2 Å². The molecule has 1 N–H and O–H groups in total. The number of carbonyl (C=O) groups excluding carboxylic acids is 2. The molecule has 2 amide bonds. The summed E-state index contributed by atoms with van der Waals surface area (Å²) in [4.78, 5) is 27.0. The Morgan fingerprint density at radius 1 is 1.23 bits per heavy atom. The third-order valence-electron chi connectivity index (χ3n) is 5.02. The van der Waals surface area contributed by atoms with Crippen LogP contribution in [0.2, 0.25) is 5.02 Å². The summed E-state index contributed by atoms with van der Waals surface area (Å²) in [6, 6.07) is 13.0. The van der Waals surface area contributed by atoms with Crippen molar-refractivity contribution in [1.29, 1.82) is 0 Å². The molecule has 2 heterocycles. The molecule has 1 aromatic heterocycles. The van der Waals surface area contributed by atoms with Gasteiger partial charge in [-0.1, -0.05) is 35.1 Å². The van der Waals surface area contributed by atoms with E-state index < -0.39 is 5.92 Å². The molecule has 31 heavy (non-hydrogen) atoms. The van der Waals surface area contributed by atoms with Crippen molar-refractivity contribution >= 4 is 45.6 Å². The molecular weight excluding hydrogens is 436 g/mol. The van der Waals surface area contributed by atoms with Crippen LogP contribution in [0.4, 0.5) is 10.8 Å². The molecule has 1 unspecified atom stereocenters. The molecular formula is C22H21ClN4O3S. The first kappa shape index (κ1) is 21.3. The lowest BCUT2D eigenvalue weighted by Crippen LogP contribution is -2.28. The largest absolute Gasteiger partial charge is 0.486 e. The fourth-order valence-electron chi connectivity index (χ4n) is 3.37. The summed E-state index contributed by atoms with van der Waals surface area (Å²) in [6.07, 6.45) is 0.171. The third kappa shape index (κ3) is 5.03. The van der Waals surface area contributed by atoms with Gasteiger partial charge in [0.25, 0.3) is 0 Å². The van der Waals surface area contributed by atoms with Gasteiger partial charge in [0.05, 0.1) is 5.92 Å². The van der Waals surface area contributed by atoms with Crippen LogP contribution in [0, 0.1) is 19.8 Å². The first-order valence-electron chi connectivity index (χ1n) is 9.78. The van der Waals surface area contributed by atoms with E-state index in [0.717, 1.165) is 16.8 Å². The summed E-state index contributed by atoms with van der Waals surface area (Å²) in [5.74, 6) is -0.0584. The normalized spacial score (nSPS) is 15.9. The minimum absolute atomic E-state index is 0.0526. The fourth-order valence-corrected chi connectivity index (χ4v) is 4.15. The van der Waals surface area contributed by atoms with Crippen LogP contribution in [0.3, 0.4) is 0 Å². The van der Waals surface area contributed by atoms with Crippen LogP contribution in [0.5, 0.6) is 5.75 Å². The number of aryl methyl sites for hydroxylation is 2. The van der Waals surface area contributed by atoms with E-state index in [0.29, 0.717) is 27.5 Å². The van der Waals surface area contributed by atoms with Crippen LogP contribution in [0.15, 0.2) is 42.5 Å². The van der Waals surface area contributed by atoms with Gasteiger partial charge in [-0.05, 0) is 55.3 Å². The lowest BCUT2D eigenvalue weighted by molar-refractivity contribution is -0.122. The molecule has 1 saturated heterocycles. The van der Waals surface area contributed by atoms with E-state index in [9.17, 15) is 9.59 Å². The number of rotatable bonds is 6. The van der Waals surface area contributed by atoms with Crippen molar-refractivity contribution in [3.8, 4) is 5.75 Å². The molecule has 0 spiro atoms. The van der Waals surface area contributed by atoms with E-state index in [1.54, 1.807) is 29.2 Å². The predicted molar refractivity (Wildman–Crippen MR) is 121 cm³/mol. The molecule has 0 saturated carbocycles. The molecule has 1 atom stereocenters. The molecule has 1 aliphatic rings. The summed E-state index contributed by atoms with van der Waals surface area (Å²) >= 11 is 7.10. The minimum Gasteiger partial charge on any atom is -0.486 e. The number of anilines is 2. The maximum Gasteiger partial charge on any atom is 0.231 e. The van der Waals surface area contributed by atoms with Gasteiger partial charge < -0.3 is 15.0 Å². The van der Waals surface area contributed by atoms with Crippen LogP contribution in [-0.4, -0.2) is 28.6 Å². The SMILES string of the molecule is Cc1ccc(C)c(N2CC(C(=O)Nc3nnc(COc4ccc(Cl)cc4)s3)CC2=O)c1. The number of halogens is 1. The van der Waals surface area contributed by atoms with E-state index in [2.05, 4.69) is 15.5 Å². The summed E-state index contributed by atoms with van der Waals surface area (Å²) < 4.78 is 5.65. The highest BCUT2D eigenvalue weighted by atomic mass is 35.5. The smallest absolute Gasteiger partial charge is 0.231 e. The average Bonchev–Trinajstić information content (AvgIpc) is 3.36. The van der Waals surface area contributed by atoms with Gasteiger partial charge >= 0.3 is 0 Å². The van der Waals surface area contributed by atoms with Crippen LogP contribution >= 0.6 is 22.9 Å². The number of ether oxygens (including phenoxy) is 1. The Labute approximate surface area is 189 Å². The number of nitrogens with one attached hydrogen (secondary N) is 1. The number of amides is 2. The van der Waals surface area contributed by atoms with Crippen molar-refractivity contribution in [2.45, 2.75) is 26.9 Å². The zero-order valence-corrected chi connectivity index (χ0v) is 18.7. The second-order valence-electron chi connectivity index (χ2n) is 7.43. The Hall–Kier alpha value is -2.97. The standard InChI is InChI=1S/C22H21ClN4O3S/c1-13-3-4-14(2)18(9-13)27-11-15(10-20(27)28)21(29)24-22-26-25-19(31-22)12-30-17-7-5-16(23)6-8-17/h3-9,15H,10-12H2,1-2H3,(H,24,26,29). The lowest BCUT2D eigenvalue weighted by Gasteiger charge is -2.19. The van der Waals surface area contributed by atoms with Crippen molar-refractivity contribution in [2.75, 3.05) is 16.8 Å². The van der Waals surface area contributed by atoms with Crippen molar-refractivity contribution < 1.29 is 14.3 Å². The zero-order valence-electron chi connectivity index (χ0n) is 17.1. The molecule has 0 radical (unpaired) electrons. The number of nitrogens with zero attached hydrogens (tertiary/aromatic N) is 3. The number of benzene rings is 2. The van der Waals surface area contributed by atoms with E-state index in [-0.39, 0.29) is 24.8 Å². The minimum atomic E-state index is -0.440. The number of aromatic nitrogens is 2. The quantitative estimate of drug-likeness (QED) is 0.595. The van der Waals surface area contributed by atoms with Gasteiger partial charge in [0.1, 0.15) is 12.4 Å². The van der Waals surface area contributed by atoms with E-state index in [1.807, 2.05) is 32.0 Å². The second kappa shape index (κ2) is 9.03. The molecule has 3 aromatic rings. The maximum atomic E-state index is 12.7. The number of hydrogen-bond acceptors (Lipinski definition) is 6. The molecule has 160 valence electrons. The highest BCUT2D eigenvalue weighted by Gasteiger charge is 2.36. The Morgan fingerprint density at radius 2 is 2.00 bits per heavy atom. The molecule has 1 aliphatic heterocycles. The van der Waals surface area contributed by atoms with Crippen molar-refractivity contribution in [3.63, 3.8) is 0 Å². The zero-order chi connectivity index (χ0) is 22.0. The Kier molecular flexibility index (Phi) is 6.20. The van der Waals surface area contributed by atoms with Crippen LogP contribution in [-0.2, 0) is 16.2 Å². The predicted octanol–water partition coefficient (Wildman–Crippen LogP) is 4.38. The molecule has 2 aromatic carbocycles. The lowest BCUT2D eigenvalue weighted by atomic mass is 10.1. The fraction of sp³-hybridized carbons (Fsp3) is 0.273. The van der Waals surface area contributed by atoms with E-state index >= 15 is 0 Å². The molecule has 9 heteroatoms. The average molecular weight is 457 g/mol. The van der Waals surface area contributed by atoms with Crippen molar-refractivity contribution in [2.24, 2.45) is 5.92 Å². The Balaban J connectivity index is 1.35. The van der Waals surface area contributed by atoms with Gasteiger partial charge in [-0.3, -0.25) is 9.59 Å². The van der Waals surface area contributed by atoms with Gasteiger partial charge in [0, 0.05) is 23.7 Å². The first-order chi connectivity index (χ1) is 14.9. The van der Waals surface area contributed by atoms with Gasteiger partial charge in [-0.25, -0.2) is 0 Å². The monoisotopic (exact) mass is 456 g/mol. The van der Waals surface area contributed by atoms with Gasteiger partial charge in [0.15, 0.2) is 5.01 Å². The number of hydrogen-bond donors (Lipinski definition) is 1. The summed E-state index contributed by atoms with van der Waals surface area (Å²) in [5.41, 5.74) is 2.94. The van der Waals surface area contributed by atoms with Gasteiger partial charge in [0.2, 0.25) is 16.9 Å². The highest BCUT2D eigenvalue weighted by molar-refractivity contribution is 7.15. The van der Waals surface area contributed by atoms with Gasteiger partial charge in [-0.2, -0.15) is 0 Å². The van der Waals surface area contributed by atoms with E-state index in [4.69, 9.17) is 16.3 Å². The summed E-state index contributed by atoms with van der Waals surface area (Å²) in [5, 5.41) is 12.5. The van der Waals surface area contributed by atoms with Crippen LogP contribution < -0.4 is 15.0 Å². The Morgan fingerprint density at radius 3 is 2.77 bits per heavy atom. The molecule has 0 bridgehead atoms. The van der Waals surface area contributed by atoms with Crippen molar-refractivity contribution in [1.82, 2.24) is 10.2 Å². The third-order valence-corrected chi connectivity index (χ3v) is 6.09. The van der Waals surface area contributed by atoms with E-state index in [1.165, 1.54) is 11.3 Å². The summed E-state index contributed by atoms with van der Waals surface area (Å²) in [7, 11) is 0.